The summed E-state index contributed by atoms with van der Waals surface area (Å²) in [4.78, 5) is 0. The Kier molecular flexibility index (Phi) is 3.23. The minimum Gasteiger partial charge on any atom is -0.347 e. The molecule has 0 aromatic heterocycles. The summed E-state index contributed by atoms with van der Waals surface area (Å²) >= 11 is 0. The zero-order chi connectivity index (χ0) is 13.3. The normalized spacial score (nSPS) is 33.5. The van der Waals surface area contributed by atoms with Crippen LogP contribution in [0.15, 0.2) is 42.5 Å². The van der Waals surface area contributed by atoms with E-state index in [2.05, 4.69) is 42.5 Å². The first kappa shape index (κ1) is 12.9. The van der Waals surface area contributed by atoms with Crippen molar-refractivity contribution in [3.63, 3.8) is 0 Å². The van der Waals surface area contributed by atoms with Gasteiger partial charge in [0.1, 0.15) is 5.60 Å². The van der Waals surface area contributed by atoms with E-state index in [1.54, 1.807) is 0 Å². The van der Waals surface area contributed by atoms with Crippen molar-refractivity contribution in [3.8, 4) is 0 Å². The standard InChI is InChI=1S/C17H22O2/c1-16(2)18-13-17(19-16,14-9-5-3-6-10-14)15-11-7-4-8-12-15/h3,5-7,9-11,15H,4,8,12-13H2,1-2H3/t15-,17+/m0/s1. The predicted octanol–water partition coefficient (Wildman–Crippen LogP) is 4.02. The van der Waals surface area contributed by atoms with Crippen LogP contribution in [0.25, 0.3) is 0 Å². The van der Waals surface area contributed by atoms with Crippen molar-refractivity contribution in [2.45, 2.75) is 44.5 Å². The summed E-state index contributed by atoms with van der Waals surface area (Å²) in [6.07, 6.45) is 8.20. The minimum atomic E-state index is -0.499. The Morgan fingerprint density at radius 1 is 1.16 bits per heavy atom. The average Bonchev–Trinajstić information content (AvgIpc) is 2.78. The topological polar surface area (TPSA) is 18.5 Å². The first-order valence-electron chi connectivity index (χ1n) is 7.19. The maximum absolute atomic E-state index is 6.39. The van der Waals surface area contributed by atoms with Gasteiger partial charge in [-0.3, -0.25) is 0 Å². The maximum atomic E-state index is 6.39. The molecule has 0 spiro atoms. The van der Waals surface area contributed by atoms with Crippen molar-refractivity contribution in [3.05, 3.63) is 48.0 Å². The number of rotatable bonds is 2. The summed E-state index contributed by atoms with van der Waals surface area (Å²) in [6, 6.07) is 10.5. The fraction of sp³-hybridized carbons (Fsp3) is 0.529. The van der Waals surface area contributed by atoms with Crippen molar-refractivity contribution in [2.24, 2.45) is 5.92 Å². The molecule has 1 aromatic rings. The van der Waals surface area contributed by atoms with E-state index < -0.39 is 5.79 Å². The first-order chi connectivity index (χ1) is 9.12. The van der Waals surface area contributed by atoms with Crippen LogP contribution in [0.5, 0.6) is 0 Å². The summed E-state index contributed by atoms with van der Waals surface area (Å²) in [5, 5.41) is 0. The number of hydrogen-bond acceptors (Lipinski definition) is 2. The van der Waals surface area contributed by atoms with Gasteiger partial charge < -0.3 is 9.47 Å². The molecule has 2 atom stereocenters. The highest BCUT2D eigenvalue weighted by molar-refractivity contribution is 5.27. The van der Waals surface area contributed by atoms with E-state index in [9.17, 15) is 0 Å². The lowest BCUT2D eigenvalue weighted by molar-refractivity contribution is -0.173. The van der Waals surface area contributed by atoms with Crippen molar-refractivity contribution in [1.29, 1.82) is 0 Å². The molecule has 0 amide bonds. The smallest absolute Gasteiger partial charge is 0.164 e. The quantitative estimate of drug-likeness (QED) is 0.746. The molecule has 0 N–H and O–H groups in total. The van der Waals surface area contributed by atoms with Crippen LogP contribution in [0.3, 0.4) is 0 Å². The van der Waals surface area contributed by atoms with Gasteiger partial charge in [-0.05, 0) is 38.7 Å². The largest absolute Gasteiger partial charge is 0.347 e. The van der Waals surface area contributed by atoms with E-state index in [4.69, 9.17) is 9.47 Å². The Morgan fingerprint density at radius 2 is 1.95 bits per heavy atom. The number of ether oxygens (including phenoxy) is 2. The van der Waals surface area contributed by atoms with Gasteiger partial charge in [-0.2, -0.15) is 0 Å². The fourth-order valence-electron chi connectivity index (χ4n) is 3.24. The summed E-state index contributed by atoms with van der Waals surface area (Å²) in [7, 11) is 0. The van der Waals surface area contributed by atoms with E-state index in [1.165, 1.54) is 24.8 Å². The SMILES string of the molecule is CC1(C)OC[C@@](c2ccccc2)([C@H]2C=CCCC2)O1. The Morgan fingerprint density at radius 3 is 2.53 bits per heavy atom. The molecule has 0 unspecified atom stereocenters. The molecule has 19 heavy (non-hydrogen) atoms. The molecule has 0 saturated carbocycles. The molecule has 0 bridgehead atoms. The molecule has 102 valence electrons. The molecular weight excluding hydrogens is 236 g/mol. The second-order valence-electron chi connectivity index (χ2n) is 6.01. The third kappa shape index (κ3) is 2.35. The van der Waals surface area contributed by atoms with Gasteiger partial charge in [0.05, 0.1) is 6.61 Å². The molecule has 2 aliphatic rings. The van der Waals surface area contributed by atoms with Crippen molar-refractivity contribution in [1.82, 2.24) is 0 Å². The highest BCUT2D eigenvalue weighted by Crippen LogP contribution is 2.47. The zero-order valence-corrected chi connectivity index (χ0v) is 11.8. The van der Waals surface area contributed by atoms with Gasteiger partial charge >= 0.3 is 0 Å². The van der Waals surface area contributed by atoms with Gasteiger partial charge in [0, 0.05) is 5.92 Å². The van der Waals surface area contributed by atoms with Gasteiger partial charge in [0.25, 0.3) is 0 Å². The van der Waals surface area contributed by atoms with Gasteiger partial charge in [-0.25, -0.2) is 0 Å². The molecule has 1 fully saturated rings. The zero-order valence-electron chi connectivity index (χ0n) is 11.8. The maximum Gasteiger partial charge on any atom is 0.164 e. The predicted molar refractivity (Wildman–Crippen MR) is 75.7 cm³/mol. The van der Waals surface area contributed by atoms with E-state index in [0.29, 0.717) is 12.5 Å². The van der Waals surface area contributed by atoms with E-state index in [0.717, 1.165) is 0 Å². The van der Waals surface area contributed by atoms with Crippen LogP contribution in [0.2, 0.25) is 0 Å². The average molecular weight is 258 g/mol. The molecule has 1 saturated heterocycles. The molecule has 2 heteroatoms. The molecule has 2 nitrogen and oxygen atoms in total. The molecular formula is C17H22O2. The third-order valence-corrected chi connectivity index (χ3v) is 4.18. The van der Waals surface area contributed by atoms with Gasteiger partial charge in [0.2, 0.25) is 0 Å². The molecule has 3 rings (SSSR count). The lowest BCUT2D eigenvalue weighted by atomic mass is 9.77. The van der Waals surface area contributed by atoms with Crippen LogP contribution < -0.4 is 0 Å². The Hall–Kier alpha value is -1.12. The number of benzene rings is 1. The van der Waals surface area contributed by atoms with Crippen molar-refractivity contribution < 1.29 is 9.47 Å². The molecule has 1 aromatic carbocycles. The van der Waals surface area contributed by atoms with E-state index in [1.807, 2.05) is 13.8 Å². The Labute approximate surface area is 115 Å². The molecule has 1 heterocycles. The van der Waals surface area contributed by atoms with Crippen LogP contribution in [0.1, 0.15) is 38.7 Å². The first-order valence-corrected chi connectivity index (χ1v) is 7.19. The highest BCUT2D eigenvalue weighted by atomic mass is 16.8. The molecule has 1 aliphatic carbocycles. The van der Waals surface area contributed by atoms with Gasteiger partial charge in [-0.15, -0.1) is 0 Å². The van der Waals surface area contributed by atoms with E-state index in [-0.39, 0.29) is 5.60 Å². The summed E-state index contributed by atoms with van der Waals surface area (Å²) in [6.45, 7) is 4.65. The number of allylic oxidation sites excluding steroid dienone is 1. The monoisotopic (exact) mass is 258 g/mol. The minimum absolute atomic E-state index is 0.318. The summed E-state index contributed by atoms with van der Waals surface area (Å²) < 4.78 is 12.3. The fourth-order valence-corrected chi connectivity index (χ4v) is 3.24. The van der Waals surface area contributed by atoms with Crippen LogP contribution in [-0.2, 0) is 15.1 Å². The third-order valence-electron chi connectivity index (χ3n) is 4.18. The van der Waals surface area contributed by atoms with Crippen LogP contribution in [0, 0.1) is 5.92 Å². The highest BCUT2D eigenvalue weighted by Gasteiger charge is 2.50. The summed E-state index contributed by atoms with van der Waals surface area (Å²) in [5.74, 6) is -0.0911. The van der Waals surface area contributed by atoms with Crippen molar-refractivity contribution >= 4 is 0 Å². The second kappa shape index (κ2) is 4.77. The van der Waals surface area contributed by atoms with E-state index >= 15 is 0 Å². The van der Waals surface area contributed by atoms with Crippen LogP contribution in [0.4, 0.5) is 0 Å². The Bertz CT molecular complexity index is 463. The molecule has 0 radical (unpaired) electrons. The van der Waals surface area contributed by atoms with Crippen LogP contribution in [-0.4, -0.2) is 12.4 Å². The van der Waals surface area contributed by atoms with Gasteiger partial charge in [-0.1, -0.05) is 42.5 Å². The van der Waals surface area contributed by atoms with Crippen molar-refractivity contribution in [2.75, 3.05) is 6.61 Å². The number of hydrogen-bond donors (Lipinski definition) is 0. The van der Waals surface area contributed by atoms with Gasteiger partial charge in [0.15, 0.2) is 5.79 Å². The lowest BCUT2D eigenvalue weighted by Crippen LogP contribution is -2.39. The lowest BCUT2D eigenvalue weighted by Gasteiger charge is -2.37. The molecule has 1 aliphatic heterocycles. The second-order valence-corrected chi connectivity index (χ2v) is 6.01. The van der Waals surface area contributed by atoms with Crippen LogP contribution >= 0.6 is 0 Å². The Balaban J connectivity index is 2.01. The summed E-state index contributed by atoms with van der Waals surface area (Å²) in [5.41, 5.74) is 0.916.